The number of urea groups is 1. The first-order chi connectivity index (χ1) is 13.7. The van der Waals surface area contributed by atoms with Gasteiger partial charge in [-0.3, -0.25) is 14.5 Å². The maximum absolute atomic E-state index is 12.9. The molecule has 2 aromatic rings. The quantitative estimate of drug-likeness (QED) is 0.736. The fraction of sp³-hybridized carbons (Fsp3) is 0.318. The number of imide groups is 1. The summed E-state index contributed by atoms with van der Waals surface area (Å²) in [4.78, 5) is 38.4. The molecule has 1 fully saturated rings. The Kier molecular flexibility index (Phi) is 5.68. The van der Waals surface area contributed by atoms with Crippen molar-refractivity contribution in [2.45, 2.75) is 38.8 Å². The third-order valence-corrected chi connectivity index (χ3v) is 5.13. The molecule has 1 heterocycles. The minimum Gasteiger partial charge on any atom is -0.350 e. The Morgan fingerprint density at radius 1 is 1.10 bits per heavy atom. The van der Waals surface area contributed by atoms with E-state index in [1.54, 1.807) is 19.1 Å². The Labute approximate surface area is 169 Å². The zero-order valence-electron chi connectivity index (χ0n) is 16.7. The van der Waals surface area contributed by atoms with Crippen molar-refractivity contribution < 1.29 is 18.8 Å². The lowest BCUT2D eigenvalue weighted by molar-refractivity contribution is -0.134. The van der Waals surface area contributed by atoms with Gasteiger partial charge in [-0.1, -0.05) is 50.2 Å². The monoisotopic (exact) mass is 397 g/mol. The van der Waals surface area contributed by atoms with Crippen LogP contribution in [0.1, 0.15) is 43.4 Å². The summed E-state index contributed by atoms with van der Waals surface area (Å²) in [5.41, 5.74) is 1.29. The molecule has 1 atom stereocenters. The molecule has 3 rings (SSSR count). The van der Waals surface area contributed by atoms with Gasteiger partial charge in [0, 0.05) is 6.54 Å². The first-order valence-corrected chi connectivity index (χ1v) is 9.46. The van der Waals surface area contributed by atoms with Gasteiger partial charge in [0.15, 0.2) is 0 Å². The fourth-order valence-corrected chi connectivity index (χ4v) is 3.24. The lowest BCUT2D eigenvalue weighted by Gasteiger charge is -2.22. The molecule has 7 heteroatoms. The van der Waals surface area contributed by atoms with Gasteiger partial charge < -0.3 is 10.6 Å². The van der Waals surface area contributed by atoms with Crippen molar-refractivity contribution in [3.63, 3.8) is 0 Å². The lowest BCUT2D eigenvalue weighted by Crippen LogP contribution is -2.43. The average molecular weight is 397 g/mol. The van der Waals surface area contributed by atoms with Gasteiger partial charge in [-0.25, -0.2) is 9.18 Å². The van der Waals surface area contributed by atoms with Crippen molar-refractivity contribution >= 4 is 17.8 Å². The highest BCUT2D eigenvalue weighted by molar-refractivity contribution is 6.09. The summed E-state index contributed by atoms with van der Waals surface area (Å²) in [5, 5.41) is 5.33. The molecular formula is C22H24FN3O3. The zero-order valence-corrected chi connectivity index (χ0v) is 16.7. The minimum absolute atomic E-state index is 0.177. The number of rotatable bonds is 6. The number of benzene rings is 2. The second-order valence-corrected chi connectivity index (χ2v) is 7.63. The van der Waals surface area contributed by atoms with Crippen molar-refractivity contribution in [3.8, 4) is 0 Å². The Morgan fingerprint density at radius 2 is 1.72 bits per heavy atom. The molecule has 0 spiro atoms. The number of nitrogens with zero attached hydrogens (tertiary/aromatic N) is 1. The third-order valence-electron chi connectivity index (χ3n) is 5.13. The topological polar surface area (TPSA) is 78.5 Å². The van der Waals surface area contributed by atoms with Gasteiger partial charge in [0.2, 0.25) is 5.91 Å². The van der Waals surface area contributed by atoms with Crippen LogP contribution in [0.3, 0.4) is 0 Å². The maximum Gasteiger partial charge on any atom is 0.325 e. The Balaban J connectivity index is 1.66. The second kappa shape index (κ2) is 8.03. The summed E-state index contributed by atoms with van der Waals surface area (Å²) in [6.45, 7) is 5.58. The summed E-state index contributed by atoms with van der Waals surface area (Å²) in [5.74, 6) is -0.957. The van der Waals surface area contributed by atoms with E-state index in [9.17, 15) is 18.8 Å². The van der Waals surface area contributed by atoms with E-state index in [0.717, 1.165) is 10.5 Å². The predicted molar refractivity (Wildman–Crippen MR) is 106 cm³/mol. The van der Waals surface area contributed by atoms with E-state index >= 15 is 0 Å². The van der Waals surface area contributed by atoms with Crippen LogP contribution in [-0.2, 0) is 21.7 Å². The van der Waals surface area contributed by atoms with Gasteiger partial charge >= 0.3 is 6.03 Å². The smallest absolute Gasteiger partial charge is 0.325 e. The lowest BCUT2D eigenvalue weighted by atomic mass is 9.90. The molecule has 0 bridgehead atoms. The van der Waals surface area contributed by atoms with Crippen molar-refractivity contribution in [2.24, 2.45) is 0 Å². The average Bonchev–Trinajstić information content (AvgIpc) is 2.91. The number of halogens is 1. The summed E-state index contributed by atoms with van der Waals surface area (Å²) < 4.78 is 12.9. The molecule has 29 heavy (non-hydrogen) atoms. The van der Waals surface area contributed by atoms with E-state index in [2.05, 4.69) is 24.5 Å². The second-order valence-electron chi connectivity index (χ2n) is 7.63. The molecular weight excluding hydrogens is 373 g/mol. The van der Waals surface area contributed by atoms with Crippen LogP contribution in [0.5, 0.6) is 0 Å². The number of nitrogens with one attached hydrogen (secondary N) is 2. The van der Waals surface area contributed by atoms with Gasteiger partial charge in [-0.15, -0.1) is 0 Å². The van der Waals surface area contributed by atoms with Crippen LogP contribution in [0.25, 0.3) is 0 Å². The Bertz CT molecular complexity index is 925. The van der Waals surface area contributed by atoms with E-state index in [-0.39, 0.29) is 18.9 Å². The van der Waals surface area contributed by atoms with Gasteiger partial charge in [0.05, 0.1) is 0 Å². The number of carbonyl (C=O) groups excluding carboxylic acids is 3. The minimum atomic E-state index is -1.22. The van der Waals surface area contributed by atoms with Crippen LogP contribution in [0.15, 0.2) is 48.5 Å². The Hall–Kier alpha value is -3.22. The van der Waals surface area contributed by atoms with E-state index in [1.165, 1.54) is 12.1 Å². The molecule has 1 unspecified atom stereocenters. The largest absolute Gasteiger partial charge is 0.350 e. The van der Waals surface area contributed by atoms with Crippen LogP contribution in [0.2, 0.25) is 0 Å². The van der Waals surface area contributed by atoms with E-state index < -0.39 is 23.4 Å². The molecule has 0 aliphatic carbocycles. The van der Waals surface area contributed by atoms with Gasteiger partial charge in [0.1, 0.15) is 17.9 Å². The van der Waals surface area contributed by atoms with Crippen LogP contribution >= 0.6 is 0 Å². The van der Waals surface area contributed by atoms with Crippen molar-refractivity contribution in [1.82, 2.24) is 15.5 Å². The highest BCUT2D eigenvalue weighted by Gasteiger charge is 2.49. The Morgan fingerprint density at radius 3 is 2.31 bits per heavy atom. The molecule has 0 saturated carbocycles. The van der Waals surface area contributed by atoms with E-state index in [0.29, 0.717) is 17.0 Å². The number of hydrogen-bond donors (Lipinski definition) is 2. The fourth-order valence-electron chi connectivity index (χ4n) is 3.24. The maximum atomic E-state index is 12.9. The van der Waals surface area contributed by atoms with Crippen molar-refractivity contribution in [3.05, 3.63) is 71.0 Å². The van der Waals surface area contributed by atoms with Crippen molar-refractivity contribution in [1.29, 1.82) is 0 Å². The molecule has 2 N–H and O–H groups in total. The van der Waals surface area contributed by atoms with E-state index in [1.807, 2.05) is 24.3 Å². The summed E-state index contributed by atoms with van der Waals surface area (Å²) in [7, 11) is 0. The van der Waals surface area contributed by atoms with Crippen molar-refractivity contribution in [2.75, 3.05) is 6.54 Å². The molecule has 1 aliphatic rings. The predicted octanol–water partition coefficient (Wildman–Crippen LogP) is 3.03. The van der Waals surface area contributed by atoms with Crippen LogP contribution < -0.4 is 10.6 Å². The summed E-state index contributed by atoms with van der Waals surface area (Å²) in [6.07, 6.45) is 0. The first-order valence-electron chi connectivity index (χ1n) is 9.46. The normalized spacial score (nSPS) is 18.9. The molecule has 0 radical (unpaired) electrons. The molecule has 4 amide bonds. The molecule has 1 saturated heterocycles. The summed E-state index contributed by atoms with van der Waals surface area (Å²) in [6, 6.07) is 12.6. The van der Waals surface area contributed by atoms with Crippen LogP contribution in [-0.4, -0.2) is 29.3 Å². The molecule has 2 aromatic carbocycles. The third kappa shape index (κ3) is 4.29. The highest BCUT2D eigenvalue weighted by atomic mass is 19.1. The molecule has 152 valence electrons. The highest BCUT2D eigenvalue weighted by Crippen LogP contribution is 2.29. The summed E-state index contributed by atoms with van der Waals surface area (Å²) >= 11 is 0. The van der Waals surface area contributed by atoms with Gasteiger partial charge in [-0.2, -0.15) is 0 Å². The first kappa shape index (κ1) is 20.5. The number of amides is 4. The van der Waals surface area contributed by atoms with Crippen LogP contribution in [0.4, 0.5) is 9.18 Å². The van der Waals surface area contributed by atoms with Crippen LogP contribution in [0, 0.1) is 5.82 Å². The van der Waals surface area contributed by atoms with Gasteiger partial charge in [-0.05, 0) is 41.7 Å². The molecule has 1 aliphatic heterocycles. The zero-order chi connectivity index (χ0) is 21.2. The standard InChI is InChI=1S/C22H24FN3O3/c1-14(2)16-6-8-17(9-7-16)22(3)20(28)26(21(29)25-22)13-19(27)24-12-15-4-10-18(23)11-5-15/h4-11,14H,12-13H2,1-3H3,(H,24,27)(H,25,29). The number of hydrogen-bond acceptors (Lipinski definition) is 3. The number of carbonyl (C=O) groups is 3. The van der Waals surface area contributed by atoms with E-state index in [4.69, 9.17) is 0 Å². The SMILES string of the molecule is CC(C)c1ccc(C2(C)NC(=O)N(CC(=O)NCc3ccc(F)cc3)C2=O)cc1. The van der Waals surface area contributed by atoms with Gasteiger partial charge in [0.25, 0.3) is 5.91 Å². The molecule has 0 aromatic heterocycles. The molecule has 6 nitrogen and oxygen atoms in total.